The number of benzene rings is 3. The van der Waals surface area contributed by atoms with Crippen molar-refractivity contribution in [3.8, 4) is 44.5 Å². The first-order valence-corrected chi connectivity index (χ1v) is 19.0. The number of carboxylic acid groups (broad SMARTS) is 1. The van der Waals surface area contributed by atoms with Gasteiger partial charge in [0.2, 0.25) is 0 Å². The van der Waals surface area contributed by atoms with Gasteiger partial charge in [-0.15, -0.1) is 11.3 Å². The van der Waals surface area contributed by atoms with Gasteiger partial charge in [0.05, 0.1) is 45.1 Å². The molecule has 0 fully saturated rings. The second kappa shape index (κ2) is 13.3. The van der Waals surface area contributed by atoms with E-state index in [1.165, 1.54) is 5.56 Å². The van der Waals surface area contributed by atoms with Gasteiger partial charge in [-0.1, -0.05) is 12.5 Å². The second-order valence-corrected chi connectivity index (χ2v) is 16.2. The average Bonchev–Trinajstić information content (AvgIpc) is 3.71. The van der Waals surface area contributed by atoms with Crippen molar-refractivity contribution >= 4 is 38.4 Å². The number of hydrogen-bond acceptors (Lipinski definition) is 8. The number of aromatic nitrogens is 4. The van der Waals surface area contributed by atoms with E-state index in [4.69, 9.17) is 24.2 Å². The number of carbonyl (C=O) groups is 1. The van der Waals surface area contributed by atoms with Gasteiger partial charge in [-0.25, -0.2) is 9.78 Å². The van der Waals surface area contributed by atoms with Crippen molar-refractivity contribution in [2.75, 3.05) is 6.61 Å². The van der Waals surface area contributed by atoms with E-state index in [9.17, 15) is 9.90 Å². The van der Waals surface area contributed by atoms with Gasteiger partial charge in [0, 0.05) is 41.7 Å². The van der Waals surface area contributed by atoms with Crippen LogP contribution in [0.3, 0.4) is 0 Å². The van der Waals surface area contributed by atoms with Crippen LogP contribution in [0.15, 0.2) is 60.9 Å². The van der Waals surface area contributed by atoms with Crippen LogP contribution in [0.2, 0.25) is 0 Å². The fourth-order valence-electron chi connectivity index (χ4n) is 7.78. The molecule has 9 nitrogen and oxygen atoms in total. The first kappa shape index (κ1) is 34.3. The smallest absolute Gasteiger partial charge is 0.337 e. The molecular weight excluding hydrogens is 673 g/mol. The molecule has 6 aromatic rings. The van der Waals surface area contributed by atoms with Gasteiger partial charge in [-0.05, 0) is 125 Å². The minimum Gasteiger partial charge on any atom is -0.493 e. The van der Waals surface area contributed by atoms with E-state index in [-0.39, 0.29) is 6.10 Å². The highest BCUT2D eigenvalue weighted by molar-refractivity contribution is 7.22. The van der Waals surface area contributed by atoms with Crippen LogP contribution in [0, 0.1) is 6.92 Å². The standard InChI is InChI=1S/C42H44N4O5S/c1-23-19-33-39-36(35(23)38(41(47)48)51-42(3,4)5)26-11-14-34-29(20-26)25(16-18-49-34)10-8-7-9-24(2)50-37-28(12-13-31-30(37)22-46(6)45-31)32-21-27(15-17-43-32)40(44-33)52-39/h11-15,17,19-22,24-25,38H,7-10,16,18H2,1-6H3,(H,47,48). The highest BCUT2D eigenvalue weighted by Gasteiger charge is 2.33. The first-order chi connectivity index (χ1) is 24.9. The molecule has 0 amide bonds. The lowest BCUT2D eigenvalue weighted by Gasteiger charge is -2.29. The fourth-order valence-corrected chi connectivity index (χ4v) is 8.90. The summed E-state index contributed by atoms with van der Waals surface area (Å²) in [4.78, 5) is 23.1. The number of rotatable bonds is 3. The van der Waals surface area contributed by atoms with Gasteiger partial charge in [0.25, 0.3) is 0 Å². The molecule has 3 aromatic heterocycles. The predicted octanol–water partition coefficient (Wildman–Crippen LogP) is 10.0. The number of aliphatic carboxylic acids is 1. The number of carboxylic acids is 1. The fraction of sp³-hybridized carbons (Fsp3) is 0.381. The maximum atomic E-state index is 13.0. The van der Waals surface area contributed by atoms with E-state index >= 15 is 0 Å². The van der Waals surface area contributed by atoms with E-state index in [1.807, 2.05) is 70.0 Å². The van der Waals surface area contributed by atoms with Gasteiger partial charge in [0.15, 0.2) is 6.10 Å². The molecule has 1 N–H and O–H groups in total. The van der Waals surface area contributed by atoms with Crippen molar-refractivity contribution in [1.29, 1.82) is 0 Å². The van der Waals surface area contributed by atoms with E-state index in [1.54, 1.807) is 11.3 Å². The molecule has 8 rings (SSSR count). The van der Waals surface area contributed by atoms with Crippen molar-refractivity contribution in [2.24, 2.45) is 7.05 Å². The Hall–Kier alpha value is -4.80. The highest BCUT2D eigenvalue weighted by atomic mass is 32.1. The second-order valence-electron chi connectivity index (χ2n) is 15.2. The Morgan fingerprint density at radius 2 is 1.87 bits per heavy atom. The Morgan fingerprint density at radius 3 is 2.67 bits per heavy atom. The lowest BCUT2D eigenvalue weighted by atomic mass is 9.85. The van der Waals surface area contributed by atoms with Crippen molar-refractivity contribution in [3.05, 3.63) is 77.6 Å². The Morgan fingerprint density at radius 1 is 1.04 bits per heavy atom. The predicted molar refractivity (Wildman–Crippen MR) is 205 cm³/mol. The number of hydrogen-bond donors (Lipinski definition) is 1. The number of thiazole rings is 1. The maximum absolute atomic E-state index is 13.0. The third-order valence-corrected chi connectivity index (χ3v) is 11.3. The van der Waals surface area contributed by atoms with E-state index in [0.717, 1.165) is 103 Å². The van der Waals surface area contributed by atoms with Gasteiger partial charge < -0.3 is 19.3 Å². The molecule has 2 aliphatic heterocycles. The number of nitrogens with zero attached hydrogens (tertiary/aromatic N) is 4. The van der Waals surface area contributed by atoms with E-state index in [0.29, 0.717) is 18.1 Å². The normalized spacial score (nSPS) is 18.2. The van der Waals surface area contributed by atoms with Gasteiger partial charge in [-0.3, -0.25) is 9.67 Å². The summed E-state index contributed by atoms with van der Waals surface area (Å²) in [5.74, 6) is 0.994. The summed E-state index contributed by atoms with van der Waals surface area (Å²) in [6.45, 7) is 10.5. The molecule has 52 heavy (non-hydrogen) atoms. The zero-order valence-corrected chi connectivity index (χ0v) is 31.3. The quantitative estimate of drug-likeness (QED) is 0.193. The number of aryl methyl sites for hydroxylation is 2. The Balaban J connectivity index is 1.38. The Bertz CT molecular complexity index is 2340. The van der Waals surface area contributed by atoms with Gasteiger partial charge in [0.1, 0.15) is 16.5 Å². The topological polar surface area (TPSA) is 109 Å². The maximum Gasteiger partial charge on any atom is 0.337 e. The Kier molecular flexibility index (Phi) is 8.78. The zero-order chi connectivity index (χ0) is 36.3. The molecule has 0 saturated carbocycles. The summed E-state index contributed by atoms with van der Waals surface area (Å²) >= 11 is 1.56. The van der Waals surface area contributed by atoms with Gasteiger partial charge >= 0.3 is 5.97 Å². The molecule has 3 atom stereocenters. The summed E-state index contributed by atoms with van der Waals surface area (Å²) in [6.07, 6.45) is 7.59. The van der Waals surface area contributed by atoms with Crippen LogP contribution >= 0.6 is 11.3 Å². The van der Waals surface area contributed by atoms with Crippen LogP contribution in [-0.4, -0.2) is 49.1 Å². The molecule has 0 saturated heterocycles. The van der Waals surface area contributed by atoms with Crippen LogP contribution in [0.25, 0.3) is 54.1 Å². The number of fused-ring (bicyclic) bond motifs is 10. The molecule has 5 heterocycles. The summed E-state index contributed by atoms with van der Waals surface area (Å²) in [6, 6.07) is 16.5. The summed E-state index contributed by atoms with van der Waals surface area (Å²) in [5.41, 5.74) is 8.04. The van der Waals surface area contributed by atoms with Crippen LogP contribution in [-0.2, 0) is 16.6 Å². The molecule has 6 bridgehead atoms. The van der Waals surface area contributed by atoms with Crippen LogP contribution < -0.4 is 9.47 Å². The van der Waals surface area contributed by atoms with Crippen LogP contribution in [0.1, 0.15) is 88.5 Å². The Labute approximate surface area is 307 Å². The average molecular weight is 717 g/mol. The highest BCUT2D eigenvalue weighted by Crippen LogP contribution is 2.47. The number of ether oxygens (including phenoxy) is 3. The van der Waals surface area contributed by atoms with E-state index < -0.39 is 17.7 Å². The molecule has 0 radical (unpaired) electrons. The lowest BCUT2D eigenvalue weighted by Crippen LogP contribution is -2.28. The summed E-state index contributed by atoms with van der Waals surface area (Å²) in [5, 5.41) is 17.1. The first-order valence-electron chi connectivity index (χ1n) is 18.1. The molecule has 0 spiro atoms. The number of pyridine rings is 1. The SMILES string of the molecule is Cc1cc2nc3sc2c(c1C(OC(C)(C)C)C(=O)O)-c1ccc2c(c1)C(CCCCC(C)Oc1c(ccc4nn(C)cc14)-c1cc-3ccn1)CCO2. The molecule has 10 heteroatoms. The molecule has 3 aromatic carbocycles. The molecule has 2 aliphatic rings. The third-order valence-electron chi connectivity index (χ3n) is 10.1. The molecule has 0 aliphatic carbocycles. The van der Waals surface area contributed by atoms with Crippen molar-refractivity contribution in [2.45, 2.75) is 90.4 Å². The minimum absolute atomic E-state index is 0.0102. The summed E-state index contributed by atoms with van der Waals surface area (Å²) < 4.78 is 22.0. The summed E-state index contributed by atoms with van der Waals surface area (Å²) in [7, 11) is 1.93. The van der Waals surface area contributed by atoms with Crippen LogP contribution in [0.4, 0.5) is 0 Å². The van der Waals surface area contributed by atoms with Gasteiger partial charge in [-0.2, -0.15) is 5.10 Å². The molecular formula is C42H44N4O5S. The third kappa shape index (κ3) is 6.43. The van der Waals surface area contributed by atoms with Crippen LogP contribution in [0.5, 0.6) is 11.5 Å². The minimum atomic E-state index is -1.18. The van der Waals surface area contributed by atoms with Crippen molar-refractivity contribution in [1.82, 2.24) is 19.7 Å². The monoisotopic (exact) mass is 716 g/mol. The largest absolute Gasteiger partial charge is 0.493 e. The molecule has 3 unspecified atom stereocenters. The lowest BCUT2D eigenvalue weighted by molar-refractivity contribution is -0.160. The molecule has 268 valence electrons. The van der Waals surface area contributed by atoms with Crippen molar-refractivity contribution < 1.29 is 24.1 Å². The zero-order valence-electron chi connectivity index (χ0n) is 30.5. The van der Waals surface area contributed by atoms with E-state index in [2.05, 4.69) is 42.4 Å². The van der Waals surface area contributed by atoms with Crippen molar-refractivity contribution in [3.63, 3.8) is 0 Å².